The number of benzene rings is 1. The molecule has 1 aliphatic rings. The second-order valence-electron chi connectivity index (χ2n) is 4.54. The molecule has 0 bridgehead atoms. The van der Waals surface area contributed by atoms with E-state index in [9.17, 15) is 12.8 Å². The molecule has 0 aromatic heterocycles. The van der Waals surface area contributed by atoms with Crippen LogP contribution in [0.1, 0.15) is 18.4 Å². The highest BCUT2D eigenvalue weighted by Gasteiger charge is 2.23. The Balaban J connectivity index is 1.89. The van der Waals surface area contributed by atoms with Gasteiger partial charge in [0.05, 0.1) is 11.5 Å². The van der Waals surface area contributed by atoms with E-state index in [4.69, 9.17) is 11.6 Å². The summed E-state index contributed by atoms with van der Waals surface area (Å²) in [6.45, 7) is 0.397. The molecule has 0 spiro atoms. The van der Waals surface area contributed by atoms with Crippen LogP contribution in [-0.4, -0.2) is 26.0 Å². The van der Waals surface area contributed by atoms with Gasteiger partial charge in [-0.2, -0.15) is 0 Å². The zero-order valence-corrected chi connectivity index (χ0v) is 11.4. The SMILES string of the molecule is O=S1(=O)CCC(NCc2ccc(Cl)cc2F)CC1. The Hall–Kier alpha value is -0.650. The van der Waals surface area contributed by atoms with Gasteiger partial charge in [0.15, 0.2) is 0 Å². The summed E-state index contributed by atoms with van der Waals surface area (Å²) in [5.41, 5.74) is 0.549. The average Bonchev–Trinajstić information content (AvgIpc) is 2.29. The van der Waals surface area contributed by atoms with Crippen molar-refractivity contribution in [3.63, 3.8) is 0 Å². The molecule has 0 radical (unpaired) electrons. The van der Waals surface area contributed by atoms with Crippen molar-refractivity contribution in [2.24, 2.45) is 0 Å². The fourth-order valence-electron chi connectivity index (χ4n) is 2.01. The quantitative estimate of drug-likeness (QED) is 0.928. The molecule has 1 N–H and O–H groups in total. The van der Waals surface area contributed by atoms with E-state index >= 15 is 0 Å². The molecular formula is C12H15ClFNO2S. The van der Waals surface area contributed by atoms with Crippen LogP contribution in [0.2, 0.25) is 5.02 Å². The monoisotopic (exact) mass is 291 g/mol. The Morgan fingerprint density at radius 3 is 2.61 bits per heavy atom. The van der Waals surface area contributed by atoms with E-state index in [0.29, 0.717) is 30.0 Å². The van der Waals surface area contributed by atoms with Crippen LogP contribution in [0.25, 0.3) is 0 Å². The second kappa shape index (κ2) is 5.55. The third kappa shape index (κ3) is 3.67. The van der Waals surface area contributed by atoms with Crippen molar-refractivity contribution in [2.45, 2.75) is 25.4 Å². The highest BCUT2D eigenvalue weighted by Crippen LogP contribution is 2.16. The first-order valence-corrected chi connectivity index (χ1v) is 8.04. The molecule has 18 heavy (non-hydrogen) atoms. The lowest BCUT2D eigenvalue weighted by molar-refractivity contribution is 0.456. The van der Waals surface area contributed by atoms with Crippen LogP contribution in [0.15, 0.2) is 18.2 Å². The molecule has 0 atom stereocenters. The second-order valence-corrected chi connectivity index (χ2v) is 7.28. The molecule has 2 rings (SSSR count). The summed E-state index contributed by atoms with van der Waals surface area (Å²) in [6.07, 6.45) is 1.19. The molecular weight excluding hydrogens is 277 g/mol. The molecule has 3 nitrogen and oxygen atoms in total. The van der Waals surface area contributed by atoms with Gasteiger partial charge in [0.2, 0.25) is 0 Å². The van der Waals surface area contributed by atoms with Crippen molar-refractivity contribution < 1.29 is 12.8 Å². The topological polar surface area (TPSA) is 46.2 Å². The maximum absolute atomic E-state index is 13.5. The smallest absolute Gasteiger partial charge is 0.150 e. The lowest BCUT2D eigenvalue weighted by atomic mass is 10.1. The first-order valence-electron chi connectivity index (χ1n) is 5.84. The van der Waals surface area contributed by atoms with Crippen LogP contribution in [0.5, 0.6) is 0 Å². The Morgan fingerprint density at radius 1 is 1.33 bits per heavy atom. The standard InChI is InChI=1S/C12H15ClFNO2S/c13-10-2-1-9(12(14)7-10)8-15-11-3-5-18(16,17)6-4-11/h1-2,7,11,15H,3-6,8H2. The fraction of sp³-hybridized carbons (Fsp3) is 0.500. The van der Waals surface area contributed by atoms with Crippen LogP contribution in [0, 0.1) is 5.82 Å². The highest BCUT2D eigenvalue weighted by atomic mass is 35.5. The first kappa shape index (κ1) is 13.8. The third-order valence-corrected chi connectivity index (χ3v) is 5.10. The van der Waals surface area contributed by atoms with E-state index in [0.717, 1.165) is 0 Å². The maximum atomic E-state index is 13.5. The third-order valence-electron chi connectivity index (χ3n) is 3.15. The van der Waals surface area contributed by atoms with Crippen molar-refractivity contribution in [2.75, 3.05) is 11.5 Å². The number of sulfone groups is 1. The van der Waals surface area contributed by atoms with Crippen LogP contribution in [-0.2, 0) is 16.4 Å². The summed E-state index contributed by atoms with van der Waals surface area (Å²) in [5.74, 6) is 0.0973. The predicted molar refractivity (Wildman–Crippen MR) is 69.9 cm³/mol. The van der Waals surface area contributed by atoms with Gasteiger partial charge in [-0.3, -0.25) is 0 Å². The molecule has 1 aliphatic heterocycles. The van der Waals surface area contributed by atoms with E-state index in [1.54, 1.807) is 12.1 Å². The molecule has 1 aromatic rings. The minimum Gasteiger partial charge on any atom is -0.310 e. The molecule has 0 amide bonds. The molecule has 1 fully saturated rings. The lowest BCUT2D eigenvalue weighted by Crippen LogP contribution is -2.37. The Labute approximate surface area is 111 Å². The zero-order valence-electron chi connectivity index (χ0n) is 9.83. The van der Waals surface area contributed by atoms with E-state index < -0.39 is 9.84 Å². The summed E-state index contributed by atoms with van der Waals surface area (Å²) >= 11 is 5.67. The van der Waals surface area contributed by atoms with Crippen molar-refractivity contribution >= 4 is 21.4 Å². The Bertz CT molecular complexity index is 519. The summed E-state index contributed by atoms with van der Waals surface area (Å²) in [7, 11) is -2.84. The van der Waals surface area contributed by atoms with Gasteiger partial charge < -0.3 is 5.32 Å². The number of halogens is 2. The molecule has 1 saturated heterocycles. The number of hydrogen-bond acceptors (Lipinski definition) is 3. The van der Waals surface area contributed by atoms with Crippen molar-refractivity contribution in [1.82, 2.24) is 5.32 Å². The molecule has 6 heteroatoms. The van der Waals surface area contributed by atoms with E-state index in [-0.39, 0.29) is 23.4 Å². The minimum atomic E-state index is -2.84. The average molecular weight is 292 g/mol. The van der Waals surface area contributed by atoms with Gasteiger partial charge in [-0.1, -0.05) is 17.7 Å². The van der Waals surface area contributed by atoms with Gasteiger partial charge in [-0.25, -0.2) is 12.8 Å². The van der Waals surface area contributed by atoms with Crippen molar-refractivity contribution in [3.05, 3.63) is 34.6 Å². The molecule has 0 saturated carbocycles. The summed E-state index contributed by atoms with van der Waals surface area (Å²) in [4.78, 5) is 0. The summed E-state index contributed by atoms with van der Waals surface area (Å²) < 4.78 is 36.0. The van der Waals surface area contributed by atoms with Crippen molar-refractivity contribution in [1.29, 1.82) is 0 Å². The van der Waals surface area contributed by atoms with Gasteiger partial charge >= 0.3 is 0 Å². The molecule has 1 aromatic carbocycles. The highest BCUT2D eigenvalue weighted by molar-refractivity contribution is 7.91. The van der Waals surface area contributed by atoms with Crippen LogP contribution in [0.4, 0.5) is 4.39 Å². The van der Waals surface area contributed by atoms with Gasteiger partial charge in [0, 0.05) is 23.2 Å². The largest absolute Gasteiger partial charge is 0.310 e. The Morgan fingerprint density at radius 2 is 2.00 bits per heavy atom. The van der Waals surface area contributed by atoms with Gasteiger partial charge in [-0.05, 0) is 25.0 Å². The van der Waals surface area contributed by atoms with Crippen LogP contribution >= 0.6 is 11.6 Å². The van der Waals surface area contributed by atoms with Gasteiger partial charge in [0.25, 0.3) is 0 Å². The maximum Gasteiger partial charge on any atom is 0.150 e. The van der Waals surface area contributed by atoms with E-state index in [1.165, 1.54) is 6.07 Å². The molecule has 0 aliphatic carbocycles. The Kier molecular flexibility index (Phi) is 4.25. The fourth-order valence-corrected chi connectivity index (χ4v) is 3.66. The molecule has 0 unspecified atom stereocenters. The normalized spacial score (nSPS) is 19.9. The number of nitrogens with one attached hydrogen (secondary N) is 1. The lowest BCUT2D eigenvalue weighted by Gasteiger charge is -2.23. The summed E-state index contributed by atoms with van der Waals surface area (Å²) in [6, 6.07) is 4.71. The summed E-state index contributed by atoms with van der Waals surface area (Å²) in [5, 5.41) is 3.56. The van der Waals surface area contributed by atoms with Crippen LogP contribution < -0.4 is 5.32 Å². The first-order chi connectivity index (χ1) is 8.46. The molecule has 100 valence electrons. The van der Waals surface area contributed by atoms with Gasteiger partial charge in [-0.15, -0.1) is 0 Å². The minimum absolute atomic E-state index is 0.142. The van der Waals surface area contributed by atoms with Crippen molar-refractivity contribution in [3.8, 4) is 0 Å². The van der Waals surface area contributed by atoms with E-state index in [1.807, 2.05) is 0 Å². The van der Waals surface area contributed by atoms with E-state index in [2.05, 4.69) is 5.32 Å². The number of rotatable bonds is 3. The van der Waals surface area contributed by atoms with Crippen LogP contribution in [0.3, 0.4) is 0 Å². The predicted octanol–water partition coefficient (Wildman–Crippen LogP) is 2.15. The number of hydrogen-bond donors (Lipinski definition) is 1. The molecule has 1 heterocycles. The van der Waals surface area contributed by atoms with Gasteiger partial charge in [0.1, 0.15) is 15.7 Å². The zero-order chi connectivity index (χ0) is 13.2.